The molecule has 0 fully saturated rings. The van der Waals surface area contributed by atoms with E-state index < -0.39 is 0 Å². The molecule has 0 amide bonds. The van der Waals surface area contributed by atoms with Crippen LogP contribution in [0.1, 0.15) is 42.0 Å². The molecule has 0 spiro atoms. The molecule has 0 radical (unpaired) electrons. The molecular formula is C21H28ClIN4O. The van der Waals surface area contributed by atoms with Crippen LogP contribution in [-0.2, 0) is 25.8 Å². The van der Waals surface area contributed by atoms with Gasteiger partial charge in [0.05, 0.1) is 6.54 Å². The SMILES string of the molecule is CCNC(=NCc1c(O)ccc2c1CCCC2)NCCc1ccc(Cl)nc1.I. The molecular weight excluding hydrogens is 487 g/mol. The number of hydrogen-bond acceptors (Lipinski definition) is 3. The normalized spacial score (nSPS) is 13.4. The fourth-order valence-electron chi connectivity index (χ4n) is 3.45. The predicted molar refractivity (Wildman–Crippen MR) is 126 cm³/mol. The Morgan fingerprint density at radius 3 is 2.75 bits per heavy atom. The van der Waals surface area contributed by atoms with Gasteiger partial charge in [0.1, 0.15) is 10.9 Å². The van der Waals surface area contributed by atoms with Gasteiger partial charge in [-0.25, -0.2) is 9.98 Å². The van der Waals surface area contributed by atoms with E-state index in [2.05, 4.69) is 21.7 Å². The summed E-state index contributed by atoms with van der Waals surface area (Å²) in [5.41, 5.74) is 4.73. The molecule has 0 saturated heterocycles. The summed E-state index contributed by atoms with van der Waals surface area (Å²) in [6.07, 6.45) is 7.16. The number of aryl methyl sites for hydroxylation is 1. The predicted octanol–water partition coefficient (Wildman–Crippen LogP) is 4.24. The summed E-state index contributed by atoms with van der Waals surface area (Å²) in [5, 5.41) is 17.5. The summed E-state index contributed by atoms with van der Waals surface area (Å²) in [6, 6.07) is 7.65. The monoisotopic (exact) mass is 514 g/mol. The number of aliphatic imine (C=N–C) groups is 1. The van der Waals surface area contributed by atoms with Crippen molar-refractivity contribution < 1.29 is 5.11 Å². The number of hydrogen-bond donors (Lipinski definition) is 3. The summed E-state index contributed by atoms with van der Waals surface area (Å²) in [6.45, 7) is 4.05. The van der Waals surface area contributed by atoms with Gasteiger partial charge < -0.3 is 15.7 Å². The molecule has 3 N–H and O–H groups in total. The quantitative estimate of drug-likeness (QED) is 0.233. The van der Waals surface area contributed by atoms with Gasteiger partial charge in [0.2, 0.25) is 0 Å². The number of rotatable bonds is 6. The lowest BCUT2D eigenvalue weighted by Crippen LogP contribution is -2.38. The number of halogens is 2. The van der Waals surface area contributed by atoms with Crippen LogP contribution in [0.2, 0.25) is 5.15 Å². The Balaban J connectivity index is 0.00000280. The zero-order valence-corrected chi connectivity index (χ0v) is 19.3. The molecule has 1 aromatic carbocycles. The first-order chi connectivity index (χ1) is 13.2. The minimum absolute atomic E-state index is 0. The number of benzene rings is 1. The summed E-state index contributed by atoms with van der Waals surface area (Å²) < 4.78 is 0. The van der Waals surface area contributed by atoms with Gasteiger partial charge >= 0.3 is 0 Å². The fourth-order valence-corrected chi connectivity index (χ4v) is 3.56. The number of guanidine groups is 1. The summed E-state index contributed by atoms with van der Waals surface area (Å²) >= 11 is 5.82. The van der Waals surface area contributed by atoms with Crippen molar-refractivity contribution in [1.29, 1.82) is 0 Å². The first-order valence-electron chi connectivity index (χ1n) is 9.62. The van der Waals surface area contributed by atoms with E-state index in [1.54, 1.807) is 12.3 Å². The standard InChI is InChI=1S/C21H27ClN4O.HI/c1-2-23-21(24-12-11-15-7-10-20(22)25-13-15)26-14-18-17-6-4-3-5-16(17)8-9-19(18)27;/h7-10,13,27H,2-6,11-12,14H2,1H3,(H2,23,24,26);1H. The summed E-state index contributed by atoms with van der Waals surface area (Å²) in [7, 11) is 0. The molecule has 0 saturated carbocycles. The van der Waals surface area contributed by atoms with Crippen LogP contribution in [0.4, 0.5) is 0 Å². The van der Waals surface area contributed by atoms with Crippen LogP contribution in [0, 0.1) is 0 Å². The maximum atomic E-state index is 10.3. The third-order valence-corrected chi connectivity index (χ3v) is 5.08. The Hall–Kier alpha value is -1.54. The number of nitrogens with zero attached hydrogens (tertiary/aromatic N) is 2. The summed E-state index contributed by atoms with van der Waals surface area (Å²) in [4.78, 5) is 8.80. The number of nitrogens with one attached hydrogen (secondary N) is 2. The van der Waals surface area contributed by atoms with Crippen LogP contribution in [0.25, 0.3) is 0 Å². The molecule has 1 aliphatic carbocycles. The molecule has 0 bridgehead atoms. The number of pyridine rings is 1. The van der Waals surface area contributed by atoms with E-state index in [0.29, 0.717) is 17.4 Å². The van der Waals surface area contributed by atoms with Crippen molar-refractivity contribution in [3.05, 3.63) is 57.9 Å². The van der Waals surface area contributed by atoms with Crippen molar-refractivity contribution in [3.8, 4) is 5.75 Å². The van der Waals surface area contributed by atoms with Crippen LogP contribution in [-0.4, -0.2) is 29.1 Å². The number of aromatic nitrogens is 1. The van der Waals surface area contributed by atoms with Gasteiger partial charge in [0.25, 0.3) is 0 Å². The largest absolute Gasteiger partial charge is 0.508 e. The van der Waals surface area contributed by atoms with Crippen molar-refractivity contribution >= 4 is 41.5 Å². The lowest BCUT2D eigenvalue weighted by Gasteiger charge is -2.20. The molecule has 2 aromatic rings. The maximum absolute atomic E-state index is 10.3. The van der Waals surface area contributed by atoms with E-state index in [1.165, 1.54) is 24.0 Å². The average molecular weight is 515 g/mol. The third-order valence-electron chi connectivity index (χ3n) is 4.86. The molecule has 1 heterocycles. The fraction of sp³-hybridized carbons (Fsp3) is 0.429. The maximum Gasteiger partial charge on any atom is 0.191 e. The minimum atomic E-state index is 0. The highest BCUT2D eigenvalue weighted by Crippen LogP contribution is 2.31. The number of aromatic hydroxyl groups is 1. The molecule has 0 atom stereocenters. The van der Waals surface area contributed by atoms with Gasteiger partial charge in [0.15, 0.2) is 5.96 Å². The van der Waals surface area contributed by atoms with E-state index in [-0.39, 0.29) is 24.0 Å². The second-order valence-electron chi connectivity index (χ2n) is 6.77. The highest BCUT2D eigenvalue weighted by Gasteiger charge is 2.16. The van der Waals surface area contributed by atoms with Crippen LogP contribution < -0.4 is 10.6 Å². The molecule has 7 heteroatoms. The van der Waals surface area contributed by atoms with E-state index in [9.17, 15) is 5.11 Å². The lowest BCUT2D eigenvalue weighted by molar-refractivity contribution is 0.465. The van der Waals surface area contributed by atoms with Gasteiger partial charge in [-0.05, 0) is 67.9 Å². The number of fused-ring (bicyclic) bond motifs is 1. The van der Waals surface area contributed by atoms with Crippen LogP contribution in [0.3, 0.4) is 0 Å². The van der Waals surface area contributed by atoms with E-state index in [0.717, 1.165) is 49.4 Å². The zero-order chi connectivity index (χ0) is 19.1. The van der Waals surface area contributed by atoms with Gasteiger partial charge in [-0.15, -0.1) is 24.0 Å². The summed E-state index contributed by atoms with van der Waals surface area (Å²) in [5.74, 6) is 1.11. The second-order valence-corrected chi connectivity index (χ2v) is 7.16. The number of phenols is 1. The zero-order valence-electron chi connectivity index (χ0n) is 16.2. The first-order valence-corrected chi connectivity index (χ1v) is 10.0. The van der Waals surface area contributed by atoms with Crippen molar-refractivity contribution in [3.63, 3.8) is 0 Å². The molecule has 0 aliphatic heterocycles. The average Bonchev–Trinajstić information content (AvgIpc) is 2.68. The molecule has 3 rings (SSSR count). The van der Waals surface area contributed by atoms with E-state index in [4.69, 9.17) is 16.6 Å². The molecule has 28 heavy (non-hydrogen) atoms. The highest BCUT2D eigenvalue weighted by molar-refractivity contribution is 14.0. The van der Waals surface area contributed by atoms with E-state index in [1.807, 2.05) is 19.1 Å². The van der Waals surface area contributed by atoms with Gasteiger partial charge in [-0.3, -0.25) is 0 Å². The van der Waals surface area contributed by atoms with Crippen LogP contribution >= 0.6 is 35.6 Å². The van der Waals surface area contributed by atoms with Crippen LogP contribution in [0.5, 0.6) is 5.75 Å². The highest BCUT2D eigenvalue weighted by atomic mass is 127. The van der Waals surface area contributed by atoms with Gasteiger partial charge in [-0.2, -0.15) is 0 Å². The molecule has 1 aromatic heterocycles. The molecule has 5 nitrogen and oxygen atoms in total. The van der Waals surface area contributed by atoms with Crippen LogP contribution in [0.15, 0.2) is 35.5 Å². The Kier molecular flexibility index (Phi) is 9.31. The topological polar surface area (TPSA) is 69.5 Å². The molecule has 1 aliphatic rings. The molecule has 0 unspecified atom stereocenters. The van der Waals surface area contributed by atoms with Crippen molar-refractivity contribution in [2.45, 2.75) is 45.6 Å². The van der Waals surface area contributed by atoms with Crippen molar-refractivity contribution in [2.24, 2.45) is 4.99 Å². The Bertz CT molecular complexity index is 796. The third kappa shape index (κ3) is 6.24. The van der Waals surface area contributed by atoms with Crippen molar-refractivity contribution in [2.75, 3.05) is 13.1 Å². The first kappa shape index (κ1) is 22.7. The minimum Gasteiger partial charge on any atom is -0.508 e. The second kappa shape index (κ2) is 11.5. The lowest BCUT2D eigenvalue weighted by atomic mass is 9.88. The number of phenolic OH excluding ortho intramolecular Hbond substituents is 1. The smallest absolute Gasteiger partial charge is 0.191 e. The van der Waals surface area contributed by atoms with Gasteiger partial charge in [0, 0.05) is 24.8 Å². The Morgan fingerprint density at radius 1 is 1.18 bits per heavy atom. The van der Waals surface area contributed by atoms with Crippen molar-refractivity contribution in [1.82, 2.24) is 15.6 Å². The Labute approximate surface area is 189 Å². The molecule has 152 valence electrons. The Morgan fingerprint density at radius 2 is 2.00 bits per heavy atom. The van der Waals surface area contributed by atoms with Gasteiger partial charge in [-0.1, -0.05) is 23.7 Å². The van der Waals surface area contributed by atoms with E-state index >= 15 is 0 Å².